The van der Waals surface area contributed by atoms with Gasteiger partial charge in [0.05, 0.1) is 18.8 Å². The fraction of sp³-hybridized carbons (Fsp3) is 0.412. The average Bonchev–Trinajstić information content (AvgIpc) is 3.82. The van der Waals surface area contributed by atoms with Gasteiger partial charge in [-0.1, -0.05) is 25.3 Å². The van der Waals surface area contributed by atoms with E-state index in [4.69, 9.17) is 9.47 Å². The first-order valence-corrected chi connectivity index (χ1v) is 20.0. The summed E-state index contributed by atoms with van der Waals surface area (Å²) in [4.78, 5) is 68.9. The fourth-order valence-electron chi connectivity index (χ4n) is 7.26. The van der Waals surface area contributed by atoms with Crippen LogP contribution in [0.1, 0.15) is 36.8 Å². The van der Waals surface area contributed by atoms with Crippen LogP contribution in [0.5, 0.6) is 5.75 Å². The zero-order valence-corrected chi connectivity index (χ0v) is 30.1. The van der Waals surface area contributed by atoms with Crippen molar-refractivity contribution >= 4 is 49.8 Å². The van der Waals surface area contributed by atoms with Crippen molar-refractivity contribution < 1.29 is 57.3 Å². The van der Waals surface area contributed by atoms with E-state index in [-0.39, 0.29) is 40.7 Å². The number of carbonyl (C=O) groups excluding carboxylic acids is 2. The second-order valence-corrected chi connectivity index (χ2v) is 17.5. The Hall–Kier alpha value is -4.17. The first-order valence-electron chi connectivity index (χ1n) is 16.6. The van der Waals surface area contributed by atoms with Crippen molar-refractivity contribution in [3.63, 3.8) is 0 Å². The third kappa shape index (κ3) is 7.64. The minimum Gasteiger partial charge on any atom is -0.508 e. The second-order valence-electron chi connectivity index (χ2n) is 13.5. The van der Waals surface area contributed by atoms with Gasteiger partial charge in [0.2, 0.25) is 0 Å². The molecule has 6 N–H and O–H groups in total. The van der Waals surface area contributed by atoms with E-state index in [0.29, 0.717) is 54.2 Å². The van der Waals surface area contributed by atoms with E-state index in [0.717, 1.165) is 19.3 Å². The van der Waals surface area contributed by atoms with Crippen LogP contribution >= 0.6 is 15.2 Å². The van der Waals surface area contributed by atoms with Gasteiger partial charge in [-0.2, -0.15) is 0 Å². The number of ether oxygens (including phenoxy) is 2. The van der Waals surface area contributed by atoms with Crippen molar-refractivity contribution in [2.75, 3.05) is 48.5 Å². The molecular weight excluding hydrogens is 721 g/mol. The lowest BCUT2D eigenvalue weighted by molar-refractivity contribution is -0.119. The lowest BCUT2D eigenvalue weighted by atomic mass is 9.92. The molecule has 2 aromatic carbocycles. The maximum Gasteiger partial charge on any atom is 0.410 e. The summed E-state index contributed by atoms with van der Waals surface area (Å²) in [7, 11) is -8.72. The monoisotopic (exact) mass is 762 g/mol. The van der Waals surface area contributed by atoms with Gasteiger partial charge in [-0.15, -0.1) is 0 Å². The van der Waals surface area contributed by atoms with Crippen molar-refractivity contribution in [3.8, 4) is 5.75 Å². The molecule has 1 saturated carbocycles. The molecule has 3 aliphatic heterocycles. The van der Waals surface area contributed by atoms with E-state index < -0.39 is 51.4 Å². The first kappa shape index (κ1) is 37.6. The molecule has 3 heterocycles. The maximum absolute atomic E-state index is 16.1. The fourth-order valence-corrected chi connectivity index (χ4v) is 9.73. The minimum atomic E-state index is -5.10. The molecule has 0 aromatic heterocycles. The number of likely N-dealkylation sites (tertiary alicyclic amines) is 1. The number of methoxy groups -OCH3 is 1. The number of benzene rings is 2. The van der Waals surface area contributed by atoms with Gasteiger partial charge >= 0.3 is 21.3 Å². The smallest absolute Gasteiger partial charge is 0.410 e. The summed E-state index contributed by atoms with van der Waals surface area (Å²) in [5.74, 6) is -1.01. The second kappa shape index (κ2) is 14.3. The minimum absolute atomic E-state index is 0.00300. The molecule has 0 bridgehead atoms. The molecule has 0 unspecified atom stereocenters. The molecule has 0 spiro atoms. The zero-order chi connectivity index (χ0) is 37.7. The van der Waals surface area contributed by atoms with Crippen LogP contribution in [0.2, 0.25) is 0 Å². The lowest BCUT2D eigenvalue weighted by Gasteiger charge is -2.36. The summed E-state index contributed by atoms with van der Waals surface area (Å²) in [5, 5.41) is 10.6. The third-order valence-electron chi connectivity index (χ3n) is 9.91. The summed E-state index contributed by atoms with van der Waals surface area (Å²) in [5.41, 5.74) is 2.78. The van der Waals surface area contributed by atoms with E-state index >= 15 is 4.39 Å². The van der Waals surface area contributed by atoms with Crippen LogP contribution in [-0.4, -0.2) is 92.4 Å². The Morgan fingerprint density at radius 1 is 1.06 bits per heavy atom. The highest BCUT2D eigenvalue weighted by Gasteiger charge is 2.45. The Labute approximate surface area is 299 Å². The number of aliphatic hydroxyl groups excluding tert-OH is 1. The predicted octanol–water partition coefficient (Wildman–Crippen LogP) is 4.69. The molecule has 3 fully saturated rings. The molecule has 2 amide bonds. The van der Waals surface area contributed by atoms with Crippen molar-refractivity contribution in [1.29, 1.82) is 0 Å². The highest BCUT2D eigenvalue weighted by molar-refractivity contribution is 7.70. The van der Waals surface area contributed by atoms with E-state index in [1.165, 1.54) is 37.4 Å². The number of allylic oxidation sites excluding steroid dienone is 1. The van der Waals surface area contributed by atoms with Gasteiger partial charge < -0.3 is 54.2 Å². The highest BCUT2D eigenvalue weighted by atomic mass is 31.2. The number of nitrogens with zero attached hydrogens (tertiary/aromatic N) is 3. The number of piperidine rings is 1. The van der Waals surface area contributed by atoms with E-state index in [1.54, 1.807) is 11.1 Å². The van der Waals surface area contributed by atoms with Gasteiger partial charge in [-0.05, 0) is 67.4 Å². The number of hydrogen-bond acceptors (Lipinski definition) is 9. The summed E-state index contributed by atoms with van der Waals surface area (Å²) in [6.07, 6.45) is 3.82. The predicted molar refractivity (Wildman–Crippen MR) is 191 cm³/mol. The quantitative estimate of drug-likeness (QED) is 0.136. The van der Waals surface area contributed by atoms with E-state index in [9.17, 15) is 43.4 Å². The molecule has 4 aliphatic rings. The number of nitrogens with one attached hydrogen (secondary N) is 1. The molecular formula is C34H41FN4O11P2. The first-order chi connectivity index (χ1) is 24.5. The standard InChI is InChI=1S/C34H41FN4O11P2/c1-19-25-14-27(35)32(33(49-3)31(25)39(24-10-11-24)16-26(19)20(2)40)37-15-22-5-4-12-38(28(22)17-37)34(42)50-18-29(41)36-23-8-6-21(7-9-23)13-30(51(43,44)45)52(46,47)48/h6-9,14,16,22,24,28,30,40H,1-2,4-5,10-13,15,17-18H2,3H3,(H,36,41)(H2,43,44,45)(H2,46,47,48)/t22-,28+/m0/s1. The summed E-state index contributed by atoms with van der Waals surface area (Å²) >= 11 is 0. The average molecular weight is 763 g/mol. The number of halogens is 1. The Bertz CT molecular complexity index is 1900. The molecule has 2 atom stereocenters. The number of fused-ring (bicyclic) bond motifs is 2. The number of anilines is 3. The Balaban J connectivity index is 1.11. The lowest BCUT2D eigenvalue weighted by Crippen LogP contribution is -2.49. The number of amides is 2. The van der Waals surface area contributed by atoms with Crippen molar-refractivity contribution in [2.45, 2.75) is 49.6 Å². The molecule has 15 nitrogen and oxygen atoms in total. The summed E-state index contributed by atoms with van der Waals surface area (Å²) in [6.45, 7) is 8.28. The number of aliphatic hydroxyl groups is 1. The number of carbonyl (C=O) groups is 2. The van der Waals surface area contributed by atoms with Crippen LogP contribution in [0.3, 0.4) is 0 Å². The summed E-state index contributed by atoms with van der Waals surface area (Å²) in [6, 6.07) is 6.74. The van der Waals surface area contributed by atoms with Gasteiger partial charge in [0.15, 0.2) is 23.6 Å². The Morgan fingerprint density at radius 3 is 2.33 bits per heavy atom. The zero-order valence-electron chi connectivity index (χ0n) is 28.4. The van der Waals surface area contributed by atoms with Crippen LogP contribution in [0.15, 0.2) is 61.0 Å². The largest absolute Gasteiger partial charge is 0.508 e. The molecule has 280 valence electrons. The molecule has 2 aromatic rings. The van der Waals surface area contributed by atoms with Gasteiger partial charge in [0.25, 0.3) is 5.91 Å². The van der Waals surface area contributed by atoms with Crippen molar-refractivity contribution in [3.05, 3.63) is 78.0 Å². The number of rotatable bonds is 11. The Morgan fingerprint density at radius 2 is 1.73 bits per heavy atom. The molecule has 2 saturated heterocycles. The van der Waals surface area contributed by atoms with Crippen LogP contribution in [-0.2, 0) is 25.1 Å². The van der Waals surface area contributed by atoms with Crippen molar-refractivity contribution in [1.82, 2.24) is 4.90 Å². The topological polar surface area (TPSA) is 210 Å². The van der Waals surface area contributed by atoms with Gasteiger partial charge in [0, 0.05) is 48.7 Å². The van der Waals surface area contributed by atoms with Crippen molar-refractivity contribution in [2.24, 2.45) is 5.92 Å². The van der Waals surface area contributed by atoms with Crippen LogP contribution in [0.4, 0.5) is 26.2 Å². The third-order valence-corrected chi connectivity index (χ3v) is 13.6. The summed E-state index contributed by atoms with van der Waals surface area (Å²) < 4.78 is 50.6. The molecule has 52 heavy (non-hydrogen) atoms. The SMILES string of the molecule is C=C(O)C1=CN(C2CC2)c2c(cc(F)c(N3C[C@@H]4CCCN(C(=O)OCC(=O)Nc5ccc(CC(P(=O)(O)O)P(=O)(O)O)cc5)[C@@H]4C3)c2OC)C1=C. The van der Waals surface area contributed by atoms with Crippen LogP contribution in [0.25, 0.3) is 5.57 Å². The van der Waals surface area contributed by atoms with Gasteiger partial charge in [0.1, 0.15) is 11.4 Å². The van der Waals surface area contributed by atoms with E-state index in [2.05, 4.69) is 18.5 Å². The molecule has 18 heteroatoms. The van der Waals surface area contributed by atoms with Crippen LogP contribution in [0, 0.1) is 11.7 Å². The van der Waals surface area contributed by atoms with Gasteiger partial charge in [-0.3, -0.25) is 13.9 Å². The maximum atomic E-state index is 16.1. The Kier molecular flexibility index (Phi) is 10.4. The number of hydrogen-bond donors (Lipinski definition) is 6. The van der Waals surface area contributed by atoms with E-state index in [1.807, 2.05) is 9.80 Å². The normalized spacial score (nSPS) is 20.3. The van der Waals surface area contributed by atoms with Crippen LogP contribution < -0.4 is 19.9 Å². The highest BCUT2D eigenvalue weighted by Crippen LogP contribution is 2.61. The van der Waals surface area contributed by atoms with Gasteiger partial charge in [-0.25, -0.2) is 9.18 Å². The molecule has 6 rings (SSSR count). The molecule has 1 aliphatic carbocycles. The molecule has 0 radical (unpaired) electrons.